The summed E-state index contributed by atoms with van der Waals surface area (Å²) in [4.78, 5) is 26.9. The average molecular weight is 604 g/mol. The number of nitrogens with zero attached hydrogens (tertiary/aromatic N) is 1. The minimum absolute atomic E-state index is 0.158. The highest BCUT2D eigenvalue weighted by Crippen LogP contribution is 2.35. The van der Waals surface area contributed by atoms with Crippen molar-refractivity contribution in [3.05, 3.63) is 58.5 Å². The molecule has 2 aromatic rings. The van der Waals surface area contributed by atoms with Crippen molar-refractivity contribution in [1.29, 1.82) is 0 Å². The molecule has 12 heteroatoms. The Hall–Kier alpha value is -2.17. The van der Waals surface area contributed by atoms with E-state index < -0.39 is 10.0 Å². The fourth-order valence-electron chi connectivity index (χ4n) is 3.33. The molecule has 0 spiro atoms. The summed E-state index contributed by atoms with van der Waals surface area (Å²) in [5.41, 5.74) is 1.75. The van der Waals surface area contributed by atoms with Crippen molar-refractivity contribution in [3.8, 4) is 17.2 Å². The first-order chi connectivity index (χ1) is 17.5. The van der Waals surface area contributed by atoms with Gasteiger partial charge in [-0.05, 0) is 47.9 Å². The second-order valence-corrected chi connectivity index (χ2v) is 11.8. The van der Waals surface area contributed by atoms with Gasteiger partial charge in [-0.25, -0.2) is 0 Å². The number of carbonyl (C=O) groups excluding carboxylic acids is 2. The maximum Gasteiger partial charge on any atom is 0.266 e. The van der Waals surface area contributed by atoms with Gasteiger partial charge in [0.2, 0.25) is 15.9 Å². The molecule has 0 radical (unpaired) electrons. The summed E-state index contributed by atoms with van der Waals surface area (Å²) in [5, 5.41) is 2.53. The summed E-state index contributed by atoms with van der Waals surface area (Å²) in [6.45, 7) is 2.12. The second-order valence-electron chi connectivity index (χ2n) is 7.80. The Labute approximate surface area is 240 Å². The van der Waals surface area contributed by atoms with Gasteiger partial charge < -0.3 is 19.5 Å². The van der Waals surface area contributed by atoms with Crippen LogP contribution in [0.5, 0.6) is 17.2 Å². The van der Waals surface area contributed by atoms with Gasteiger partial charge in [0, 0.05) is 13.0 Å². The van der Waals surface area contributed by atoms with Gasteiger partial charge in [0.15, 0.2) is 11.5 Å². The lowest BCUT2D eigenvalue weighted by molar-refractivity contribution is -0.123. The van der Waals surface area contributed by atoms with Gasteiger partial charge in [0.25, 0.3) is 5.91 Å². The molecule has 1 unspecified atom stereocenters. The summed E-state index contributed by atoms with van der Waals surface area (Å²) < 4.78 is 14.9. The molecule has 1 aliphatic heterocycles. The van der Waals surface area contributed by atoms with Crippen molar-refractivity contribution in [1.82, 2.24) is 10.2 Å². The third kappa shape index (κ3) is 7.91. The van der Waals surface area contributed by atoms with E-state index in [4.69, 9.17) is 61.2 Å². The first-order valence-electron chi connectivity index (χ1n) is 11.1. The zero-order valence-electron chi connectivity index (χ0n) is 20.3. The molecule has 0 aliphatic carbocycles. The first kappa shape index (κ1) is 29.4. The Morgan fingerprint density at radius 2 is 1.81 bits per heavy atom. The molecule has 2 amide bonds. The average Bonchev–Trinajstić information content (AvgIpc) is 3.14. The predicted molar refractivity (Wildman–Crippen MR) is 153 cm³/mol. The molecule has 0 saturated carbocycles. The smallest absolute Gasteiger partial charge is 0.266 e. The monoisotopic (exact) mass is 602 g/mol. The minimum atomic E-state index is -1.87. The Bertz CT molecular complexity index is 1190. The fourth-order valence-corrected chi connectivity index (χ4v) is 4.93. The van der Waals surface area contributed by atoms with Crippen molar-refractivity contribution < 1.29 is 23.8 Å². The number of nitrogens with one attached hydrogen (secondary N) is 1. The molecule has 1 fully saturated rings. The number of hydrogen-bond acceptors (Lipinski definition) is 7. The first-order valence-corrected chi connectivity index (χ1v) is 13.5. The normalized spacial score (nSPS) is 15.6. The van der Waals surface area contributed by atoms with Crippen LogP contribution < -0.4 is 19.5 Å². The number of halogens is 3. The molecule has 0 aromatic heterocycles. The summed E-state index contributed by atoms with van der Waals surface area (Å²) in [5.74, 6) is 1.18. The molecule has 0 bridgehead atoms. The highest BCUT2D eigenvalue weighted by atomic mass is 35.6. The van der Waals surface area contributed by atoms with Crippen LogP contribution in [0.15, 0.2) is 47.4 Å². The Balaban J connectivity index is 1.66. The highest BCUT2D eigenvalue weighted by molar-refractivity contribution is 8.26. The molecule has 37 heavy (non-hydrogen) atoms. The van der Waals surface area contributed by atoms with E-state index in [0.717, 1.165) is 11.1 Å². The number of thiocarbonyl (C=S) groups is 1. The summed E-state index contributed by atoms with van der Waals surface area (Å²) in [6, 6.07) is 12.5. The second kappa shape index (κ2) is 13.1. The van der Waals surface area contributed by atoms with Gasteiger partial charge in [0.05, 0.1) is 19.1 Å². The number of benzene rings is 2. The Kier molecular flexibility index (Phi) is 10.4. The fraction of sp³-hybridized carbons (Fsp3) is 0.320. The predicted octanol–water partition coefficient (Wildman–Crippen LogP) is 5.75. The van der Waals surface area contributed by atoms with E-state index in [1.165, 1.54) is 11.8 Å². The Morgan fingerprint density at radius 3 is 2.41 bits per heavy atom. The SMILES string of the molecule is CCC(=O)NC(Oc1ccc(/C=C2\SC(=S)N(CCc3ccc(OC)c(OC)c3)C2=O)cc1)C(Cl)(Cl)Cl. The van der Waals surface area contributed by atoms with Crippen LogP contribution >= 0.6 is 58.8 Å². The van der Waals surface area contributed by atoms with Crippen LogP contribution in [0.2, 0.25) is 0 Å². The number of alkyl halides is 3. The van der Waals surface area contributed by atoms with Crippen LogP contribution in [-0.2, 0) is 16.0 Å². The molecule has 198 valence electrons. The van der Waals surface area contributed by atoms with Crippen LogP contribution in [0.4, 0.5) is 0 Å². The van der Waals surface area contributed by atoms with Gasteiger partial charge >= 0.3 is 0 Å². The maximum atomic E-state index is 13.0. The third-order valence-electron chi connectivity index (χ3n) is 5.29. The van der Waals surface area contributed by atoms with Crippen LogP contribution in [0, 0.1) is 0 Å². The number of amides is 2. The van der Waals surface area contributed by atoms with E-state index in [-0.39, 0.29) is 18.2 Å². The van der Waals surface area contributed by atoms with Crippen molar-refractivity contribution in [2.75, 3.05) is 20.8 Å². The lowest BCUT2D eigenvalue weighted by Gasteiger charge is -2.26. The van der Waals surface area contributed by atoms with E-state index in [9.17, 15) is 9.59 Å². The van der Waals surface area contributed by atoms with Gasteiger partial charge in [-0.1, -0.05) is 83.9 Å². The lowest BCUT2D eigenvalue weighted by atomic mass is 10.1. The number of ether oxygens (including phenoxy) is 3. The zero-order chi connectivity index (χ0) is 27.2. The summed E-state index contributed by atoms with van der Waals surface area (Å²) in [6.07, 6.45) is 1.40. The van der Waals surface area contributed by atoms with Crippen LogP contribution in [-0.4, -0.2) is 51.8 Å². The summed E-state index contributed by atoms with van der Waals surface area (Å²) >= 11 is 24.5. The van der Waals surface area contributed by atoms with Gasteiger partial charge in [-0.2, -0.15) is 0 Å². The summed E-state index contributed by atoms with van der Waals surface area (Å²) in [7, 11) is 3.16. The topological polar surface area (TPSA) is 77.1 Å². The Morgan fingerprint density at radius 1 is 1.14 bits per heavy atom. The van der Waals surface area contributed by atoms with Crippen molar-refractivity contribution in [3.63, 3.8) is 0 Å². The lowest BCUT2D eigenvalue weighted by Crippen LogP contribution is -2.47. The van der Waals surface area contributed by atoms with Crippen molar-refractivity contribution in [2.45, 2.75) is 29.8 Å². The van der Waals surface area contributed by atoms with Gasteiger partial charge in [-0.15, -0.1) is 0 Å². The number of carbonyl (C=O) groups is 2. The molecule has 1 aliphatic rings. The number of rotatable bonds is 10. The minimum Gasteiger partial charge on any atom is -0.493 e. The quantitative estimate of drug-likeness (QED) is 0.160. The molecule has 1 atom stereocenters. The molecular weight excluding hydrogens is 579 g/mol. The van der Waals surface area contributed by atoms with Crippen LogP contribution in [0.3, 0.4) is 0 Å². The standard InChI is InChI=1S/C25H25Cl3N2O5S2/c1-4-21(31)29-23(25(26,27)28)35-17-8-5-15(6-9-17)14-20-22(32)30(24(36)37-20)12-11-16-7-10-18(33-2)19(13-16)34-3/h5-10,13-14,23H,4,11-12H2,1-3H3,(H,29,31)/b20-14-. The highest BCUT2D eigenvalue weighted by Gasteiger charge is 2.36. The number of thioether (sulfide) groups is 1. The van der Waals surface area contributed by atoms with Gasteiger partial charge in [-0.3, -0.25) is 14.5 Å². The van der Waals surface area contributed by atoms with E-state index in [1.807, 2.05) is 18.2 Å². The van der Waals surface area contributed by atoms with Crippen LogP contribution in [0.25, 0.3) is 6.08 Å². The molecule has 7 nitrogen and oxygen atoms in total. The molecule has 2 aromatic carbocycles. The zero-order valence-corrected chi connectivity index (χ0v) is 24.2. The van der Waals surface area contributed by atoms with E-state index in [1.54, 1.807) is 56.4 Å². The van der Waals surface area contributed by atoms with Crippen molar-refractivity contribution >= 4 is 81.0 Å². The number of methoxy groups -OCH3 is 2. The molecule has 1 N–H and O–H groups in total. The van der Waals surface area contributed by atoms with E-state index in [0.29, 0.717) is 39.4 Å². The third-order valence-corrected chi connectivity index (χ3v) is 7.26. The van der Waals surface area contributed by atoms with Gasteiger partial charge in [0.1, 0.15) is 10.1 Å². The largest absolute Gasteiger partial charge is 0.493 e. The van der Waals surface area contributed by atoms with E-state index in [2.05, 4.69) is 5.32 Å². The molecule has 1 heterocycles. The van der Waals surface area contributed by atoms with E-state index >= 15 is 0 Å². The number of hydrogen-bond donors (Lipinski definition) is 1. The molecule has 1 saturated heterocycles. The van der Waals surface area contributed by atoms with Crippen molar-refractivity contribution in [2.24, 2.45) is 0 Å². The maximum absolute atomic E-state index is 13.0. The molecule has 3 rings (SSSR count). The molecular formula is C25H25Cl3N2O5S2. The van der Waals surface area contributed by atoms with Crippen LogP contribution in [0.1, 0.15) is 24.5 Å².